The summed E-state index contributed by atoms with van der Waals surface area (Å²) in [5.74, 6) is -0.612. The van der Waals surface area contributed by atoms with Gasteiger partial charge in [0.15, 0.2) is 16.4 Å². The first kappa shape index (κ1) is 19.4. The summed E-state index contributed by atoms with van der Waals surface area (Å²) < 4.78 is 29.3. The van der Waals surface area contributed by atoms with Gasteiger partial charge in [-0.15, -0.1) is 0 Å². The fourth-order valence-electron chi connectivity index (χ4n) is 2.64. The Bertz CT molecular complexity index is 703. The summed E-state index contributed by atoms with van der Waals surface area (Å²) in [4.78, 5) is 25.6. The minimum Gasteiger partial charge on any atom is -0.456 e. The Balaban J connectivity index is 1.76. The van der Waals surface area contributed by atoms with E-state index in [-0.39, 0.29) is 29.6 Å². The van der Waals surface area contributed by atoms with Gasteiger partial charge in [0.1, 0.15) is 0 Å². The van der Waals surface area contributed by atoms with Crippen LogP contribution in [0.4, 0.5) is 0 Å². The number of hydrogen-bond acceptors (Lipinski definition) is 5. The highest BCUT2D eigenvalue weighted by atomic mass is 32.2. The van der Waals surface area contributed by atoms with Crippen LogP contribution in [0.15, 0.2) is 29.2 Å². The molecule has 25 heavy (non-hydrogen) atoms. The number of piperidine rings is 1. The van der Waals surface area contributed by atoms with Crippen molar-refractivity contribution in [2.24, 2.45) is 5.92 Å². The fourth-order valence-corrected chi connectivity index (χ4v) is 3.87. The maximum absolute atomic E-state index is 12.2. The van der Waals surface area contributed by atoms with Gasteiger partial charge < -0.3 is 9.64 Å². The lowest BCUT2D eigenvalue weighted by molar-refractivity contribution is -0.152. The summed E-state index contributed by atoms with van der Waals surface area (Å²) in [6, 6.07) is 6.47. The van der Waals surface area contributed by atoms with Gasteiger partial charge in [-0.3, -0.25) is 9.59 Å². The van der Waals surface area contributed by atoms with Gasteiger partial charge in [0, 0.05) is 13.1 Å². The van der Waals surface area contributed by atoms with Gasteiger partial charge in [-0.1, -0.05) is 24.6 Å². The standard InChI is InChI=1S/C18H25NO5S/c1-14-3-5-16(6-4-14)25(22,23)12-9-18(21)24-13-17(20)19-10-7-15(2)8-11-19/h3-6,15H,7-13H2,1-2H3. The second-order valence-electron chi connectivity index (χ2n) is 6.61. The summed E-state index contributed by atoms with van der Waals surface area (Å²) in [7, 11) is -3.53. The third-order valence-corrected chi connectivity index (χ3v) is 6.18. The summed E-state index contributed by atoms with van der Waals surface area (Å²) in [5.41, 5.74) is 0.962. The fraction of sp³-hybridized carbons (Fsp3) is 0.556. The molecule has 1 amide bonds. The van der Waals surface area contributed by atoms with E-state index in [1.165, 1.54) is 12.1 Å². The second-order valence-corrected chi connectivity index (χ2v) is 8.72. The molecule has 1 aromatic carbocycles. The monoisotopic (exact) mass is 367 g/mol. The van der Waals surface area contributed by atoms with E-state index in [0.29, 0.717) is 19.0 Å². The molecule has 1 aromatic rings. The van der Waals surface area contributed by atoms with Crippen LogP contribution in [0.2, 0.25) is 0 Å². The van der Waals surface area contributed by atoms with Crippen LogP contribution >= 0.6 is 0 Å². The average Bonchev–Trinajstić information content (AvgIpc) is 2.59. The number of aryl methyl sites for hydroxylation is 1. The van der Waals surface area contributed by atoms with E-state index >= 15 is 0 Å². The maximum atomic E-state index is 12.2. The van der Waals surface area contributed by atoms with E-state index in [0.717, 1.165) is 18.4 Å². The van der Waals surface area contributed by atoms with Crippen molar-refractivity contribution in [2.45, 2.75) is 38.0 Å². The zero-order chi connectivity index (χ0) is 18.4. The number of hydrogen-bond donors (Lipinski definition) is 0. The number of ether oxygens (including phenoxy) is 1. The van der Waals surface area contributed by atoms with Gasteiger partial charge in [0.2, 0.25) is 0 Å². The lowest BCUT2D eigenvalue weighted by Gasteiger charge is -2.30. The Hall–Kier alpha value is -1.89. The van der Waals surface area contributed by atoms with E-state index in [1.807, 2.05) is 6.92 Å². The summed E-state index contributed by atoms with van der Waals surface area (Å²) in [6.45, 7) is 5.06. The third-order valence-electron chi connectivity index (χ3n) is 4.45. The van der Waals surface area contributed by atoms with Crippen LogP contribution in [0.3, 0.4) is 0 Å². The Morgan fingerprint density at radius 2 is 1.76 bits per heavy atom. The predicted molar refractivity (Wildman–Crippen MR) is 93.8 cm³/mol. The molecule has 0 atom stereocenters. The van der Waals surface area contributed by atoms with Gasteiger partial charge in [-0.2, -0.15) is 0 Å². The van der Waals surface area contributed by atoms with E-state index < -0.39 is 15.8 Å². The Morgan fingerprint density at radius 3 is 2.36 bits per heavy atom. The highest BCUT2D eigenvalue weighted by Crippen LogP contribution is 2.16. The van der Waals surface area contributed by atoms with E-state index in [4.69, 9.17) is 4.74 Å². The maximum Gasteiger partial charge on any atom is 0.307 e. The van der Waals surface area contributed by atoms with Crippen LogP contribution in [0.1, 0.15) is 31.7 Å². The molecule has 1 fully saturated rings. The zero-order valence-corrected chi connectivity index (χ0v) is 15.5. The van der Waals surface area contributed by atoms with Crippen molar-refractivity contribution in [3.8, 4) is 0 Å². The molecule has 0 spiro atoms. The number of sulfone groups is 1. The smallest absolute Gasteiger partial charge is 0.307 e. The molecule has 0 unspecified atom stereocenters. The molecule has 6 nitrogen and oxygen atoms in total. The molecule has 1 aliphatic heterocycles. The van der Waals surface area contributed by atoms with Crippen molar-refractivity contribution in [3.63, 3.8) is 0 Å². The van der Waals surface area contributed by atoms with Crippen LogP contribution in [0.25, 0.3) is 0 Å². The first-order valence-electron chi connectivity index (χ1n) is 8.51. The van der Waals surface area contributed by atoms with Gasteiger partial charge in [-0.25, -0.2) is 8.42 Å². The number of benzene rings is 1. The van der Waals surface area contributed by atoms with E-state index in [2.05, 4.69) is 6.92 Å². The highest BCUT2D eigenvalue weighted by Gasteiger charge is 2.22. The minimum absolute atomic E-state index is 0.185. The number of nitrogens with zero attached hydrogens (tertiary/aromatic N) is 1. The molecule has 138 valence electrons. The molecule has 0 bridgehead atoms. The van der Waals surface area contributed by atoms with Gasteiger partial charge in [0.05, 0.1) is 17.1 Å². The van der Waals surface area contributed by atoms with Crippen molar-refractivity contribution in [2.75, 3.05) is 25.4 Å². The zero-order valence-electron chi connectivity index (χ0n) is 14.7. The topological polar surface area (TPSA) is 80.7 Å². The summed E-state index contributed by atoms with van der Waals surface area (Å²) in [6.07, 6.45) is 1.64. The summed E-state index contributed by atoms with van der Waals surface area (Å²) in [5, 5.41) is 0. The number of carbonyl (C=O) groups excluding carboxylic acids is 2. The van der Waals surface area contributed by atoms with E-state index in [9.17, 15) is 18.0 Å². The molecule has 0 aromatic heterocycles. The highest BCUT2D eigenvalue weighted by molar-refractivity contribution is 7.91. The van der Waals surface area contributed by atoms with Crippen LogP contribution < -0.4 is 0 Å². The van der Waals surface area contributed by atoms with Crippen LogP contribution in [0.5, 0.6) is 0 Å². The number of rotatable bonds is 6. The molecule has 1 heterocycles. The van der Waals surface area contributed by atoms with Crippen molar-refractivity contribution in [1.29, 1.82) is 0 Å². The number of carbonyl (C=O) groups is 2. The van der Waals surface area contributed by atoms with Crippen molar-refractivity contribution in [1.82, 2.24) is 4.90 Å². The molecule has 1 aliphatic rings. The van der Waals surface area contributed by atoms with E-state index in [1.54, 1.807) is 17.0 Å². The average molecular weight is 367 g/mol. The van der Waals surface area contributed by atoms with Crippen LogP contribution in [0, 0.1) is 12.8 Å². The molecule has 0 aliphatic carbocycles. The number of amides is 1. The molecule has 2 rings (SSSR count). The quantitative estimate of drug-likeness (QED) is 0.718. The predicted octanol–water partition coefficient (Wildman–Crippen LogP) is 1.96. The molecular weight excluding hydrogens is 342 g/mol. The first-order valence-corrected chi connectivity index (χ1v) is 10.2. The van der Waals surface area contributed by atoms with Crippen LogP contribution in [-0.2, 0) is 24.2 Å². The Morgan fingerprint density at radius 1 is 1.16 bits per heavy atom. The second kappa shape index (κ2) is 8.47. The molecule has 1 saturated heterocycles. The van der Waals surface area contributed by atoms with Gasteiger partial charge in [-0.05, 0) is 37.8 Å². The SMILES string of the molecule is Cc1ccc(S(=O)(=O)CCC(=O)OCC(=O)N2CCC(C)CC2)cc1. The van der Waals surface area contributed by atoms with Crippen molar-refractivity contribution in [3.05, 3.63) is 29.8 Å². The molecule has 7 heteroatoms. The lowest BCUT2D eigenvalue weighted by atomic mass is 9.99. The minimum atomic E-state index is -3.53. The lowest BCUT2D eigenvalue weighted by Crippen LogP contribution is -2.40. The molecular formula is C18H25NO5S. The molecule has 0 N–H and O–H groups in total. The van der Waals surface area contributed by atoms with Crippen molar-refractivity contribution < 1.29 is 22.7 Å². The third kappa shape index (κ3) is 5.85. The Kier molecular flexibility index (Phi) is 6.58. The normalized spacial score (nSPS) is 15.8. The largest absolute Gasteiger partial charge is 0.456 e. The number of esters is 1. The first-order chi connectivity index (χ1) is 11.8. The van der Waals surface area contributed by atoms with Crippen molar-refractivity contribution >= 4 is 21.7 Å². The molecule has 0 radical (unpaired) electrons. The Labute approximate surface area is 149 Å². The number of likely N-dealkylation sites (tertiary alicyclic amines) is 1. The molecule has 0 saturated carbocycles. The summed E-state index contributed by atoms with van der Waals surface area (Å²) >= 11 is 0. The van der Waals surface area contributed by atoms with Gasteiger partial charge >= 0.3 is 5.97 Å². The van der Waals surface area contributed by atoms with Gasteiger partial charge in [0.25, 0.3) is 5.91 Å². The van der Waals surface area contributed by atoms with Crippen LogP contribution in [-0.4, -0.2) is 50.6 Å².